The number of carbonyl (C=O) groups excluding carboxylic acids is 1. The Morgan fingerprint density at radius 2 is 2.04 bits per heavy atom. The number of esters is 1. The number of carbonyl (C=O) groups is 1. The molecule has 3 aromatic rings. The predicted octanol–water partition coefficient (Wildman–Crippen LogP) is 4.46. The molecule has 0 aliphatic heterocycles. The van der Waals surface area contributed by atoms with Crippen molar-refractivity contribution in [2.45, 2.75) is 26.8 Å². The van der Waals surface area contributed by atoms with Crippen molar-refractivity contribution in [3.8, 4) is 0 Å². The molecule has 2 aromatic heterocycles. The van der Waals surface area contributed by atoms with E-state index >= 15 is 0 Å². The fraction of sp³-hybridized carbons (Fsp3) is 0.250. The number of rotatable bonds is 6. The quantitative estimate of drug-likeness (QED) is 0.459. The number of thiocarbonyl (C=S) groups is 1. The van der Waals surface area contributed by atoms with E-state index in [0.717, 1.165) is 17.0 Å². The van der Waals surface area contributed by atoms with Gasteiger partial charge in [0.15, 0.2) is 5.11 Å². The topological polar surface area (TPSA) is 68.2 Å². The number of methoxy groups -OCH3 is 1. The second-order valence-corrected chi connectivity index (χ2v) is 7.84. The number of thiophene rings is 1. The van der Waals surface area contributed by atoms with Crippen molar-refractivity contribution in [3.63, 3.8) is 0 Å². The molecule has 0 bridgehead atoms. The minimum atomic E-state index is -0.382. The summed E-state index contributed by atoms with van der Waals surface area (Å²) in [7, 11) is 1.37. The first kappa shape index (κ1) is 20.0. The van der Waals surface area contributed by atoms with Crippen molar-refractivity contribution in [3.05, 3.63) is 64.3 Å². The first-order valence-corrected chi connectivity index (χ1v) is 10.1. The van der Waals surface area contributed by atoms with Gasteiger partial charge >= 0.3 is 5.97 Å². The lowest BCUT2D eigenvalue weighted by molar-refractivity contribution is 0.0602. The van der Waals surface area contributed by atoms with Crippen LogP contribution in [0.2, 0.25) is 0 Å². The SMILES string of the molecule is CCc1cc(C(=O)OC)c(NC(=S)Nc2cnn(Cc3ccc(C)cc3)c2)s1. The highest BCUT2D eigenvalue weighted by Crippen LogP contribution is 2.29. The van der Waals surface area contributed by atoms with E-state index in [1.807, 2.05) is 23.9 Å². The molecule has 2 heterocycles. The maximum atomic E-state index is 12.0. The lowest BCUT2D eigenvalue weighted by Crippen LogP contribution is -2.19. The Morgan fingerprint density at radius 3 is 2.71 bits per heavy atom. The third-order valence-corrected chi connectivity index (χ3v) is 5.52. The van der Waals surface area contributed by atoms with E-state index in [1.54, 1.807) is 6.20 Å². The van der Waals surface area contributed by atoms with E-state index in [1.165, 1.54) is 29.6 Å². The van der Waals surface area contributed by atoms with Crippen LogP contribution >= 0.6 is 23.6 Å². The molecule has 0 unspecified atom stereocenters. The van der Waals surface area contributed by atoms with Gasteiger partial charge in [0.05, 0.1) is 31.1 Å². The number of nitrogens with one attached hydrogen (secondary N) is 2. The van der Waals surface area contributed by atoms with Crippen molar-refractivity contribution < 1.29 is 9.53 Å². The maximum absolute atomic E-state index is 12.0. The van der Waals surface area contributed by atoms with Gasteiger partial charge in [0.1, 0.15) is 5.00 Å². The number of anilines is 2. The molecule has 3 rings (SSSR count). The zero-order valence-corrected chi connectivity index (χ0v) is 17.6. The molecule has 28 heavy (non-hydrogen) atoms. The first-order chi connectivity index (χ1) is 13.5. The van der Waals surface area contributed by atoms with Crippen LogP contribution in [-0.2, 0) is 17.7 Å². The van der Waals surface area contributed by atoms with Crippen LogP contribution in [0.4, 0.5) is 10.7 Å². The van der Waals surface area contributed by atoms with Gasteiger partial charge in [-0.1, -0.05) is 36.8 Å². The summed E-state index contributed by atoms with van der Waals surface area (Å²) in [6.07, 6.45) is 4.44. The summed E-state index contributed by atoms with van der Waals surface area (Å²) in [5.41, 5.74) is 3.67. The first-order valence-electron chi connectivity index (χ1n) is 8.85. The van der Waals surface area contributed by atoms with Crippen LogP contribution in [0.15, 0.2) is 42.7 Å². The summed E-state index contributed by atoms with van der Waals surface area (Å²) in [5, 5.41) is 11.6. The van der Waals surface area contributed by atoms with E-state index in [-0.39, 0.29) is 5.97 Å². The lowest BCUT2D eigenvalue weighted by atomic mass is 10.1. The molecule has 0 fully saturated rings. The Labute approximate surface area is 173 Å². The normalized spacial score (nSPS) is 10.5. The zero-order chi connectivity index (χ0) is 20.1. The van der Waals surface area contributed by atoms with Gasteiger partial charge in [0, 0.05) is 11.1 Å². The van der Waals surface area contributed by atoms with Gasteiger partial charge in [-0.2, -0.15) is 5.10 Å². The zero-order valence-electron chi connectivity index (χ0n) is 16.0. The molecule has 0 saturated carbocycles. The van der Waals surface area contributed by atoms with Crippen LogP contribution in [0, 0.1) is 6.92 Å². The highest BCUT2D eigenvalue weighted by Gasteiger charge is 2.17. The molecule has 0 amide bonds. The Morgan fingerprint density at radius 1 is 1.29 bits per heavy atom. The summed E-state index contributed by atoms with van der Waals surface area (Å²) >= 11 is 6.88. The summed E-state index contributed by atoms with van der Waals surface area (Å²) in [6, 6.07) is 10.2. The molecule has 8 heteroatoms. The summed E-state index contributed by atoms with van der Waals surface area (Å²) in [5.74, 6) is -0.382. The fourth-order valence-corrected chi connectivity index (χ4v) is 3.90. The molecule has 0 spiro atoms. The maximum Gasteiger partial charge on any atom is 0.340 e. The van der Waals surface area contributed by atoms with E-state index in [0.29, 0.717) is 22.2 Å². The molecule has 1 aromatic carbocycles. The van der Waals surface area contributed by atoms with Crippen molar-refractivity contribution >= 4 is 45.3 Å². The lowest BCUT2D eigenvalue weighted by Gasteiger charge is -2.08. The van der Waals surface area contributed by atoms with Gasteiger partial charge in [-0.25, -0.2) is 4.79 Å². The molecule has 2 N–H and O–H groups in total. The Kier molecular flexibility index (Phi) is 6.43. The minimum absolute atomic E-state index is 0.382. The Balaban J connectivity index is 1.64. The largest absolute Gasteiger partial charge is 0.465 e. The van der Waals surface area contributed by atoms with Crippen LogP contribution in [0.25, 0.3) is 0 Å². The number of benzene rings is 1. The average Bonchev–Trinajstić information content (AvgIpc) is 3.29. The van der Waals surface area contributed by atoms with E-state index < -0.39 is 0 Å². The molecular formula is C20H22N4O2S2. The fourth-order valence-electron chi connectivity index (χ4n) is 2.63. The number of nitrogens with zero attached hydrogens (tertiary/aromatic N) is 2. The highest BCUT2D eigenvalue weighted by atomic mass is 32.1. The third kappa shape index (κ3) is 4.96. The highest BCUT2D eigenvalue weighted by molar-refractivity contribution is 7.80. The summed E-state index contributed by atoms with van der Waals surface area (Å²) < 4.78 is 6.70. The average molecular weight is 415 g/mol. The number of hydrogen-bond acceptors (Lipinski definition) is 5. The molecule has 0 atom stereocenters. The minimum Gasteiger partial charge on any atom is -0.465 e. The Bertz CT molecular complexity index is 977. The molecule has 0 radical (unpaired) electrons. The van der Waals surface area contributed by atoms with Gasteiger partial charge in [0.2, 0.25) is 0 Å². The van der Waals surface area contributed by atoms with E-state index in [9.17, 15) is 4.79 Å². The van der Waals surface area contributed by atoms with Gasteiger partial charge in [-0.05, 0) is 37.2 Å². The van der Waals surface area contributed by atoms with Crippen molar-refractivity contribution in [2.24, 2.45) is 0 Å². The summed E-state index contributed by atoms with van der Waals surface area (Å²) in [4.78, 5) is 13.0. The molecule has 0 saturated heterocycles. The number of ether oxygens (including phenoxy) is 1. The molecule has 146 valence electrons. The van der Waals surface area contributed by atoms with E-state index in [4.69, 9.17) is 17.0 Å². The van der Waals surface area contributed by atoms with Crippen molar-refractivity contribution in [2.75, 3.05) is 17.7 Å². The van der Waals surface area contributed by atoms with E-state index in [2.05, 4.69) is 46.9 Å². The van der Waals surface area contributed by atoms with Gasteiger partial charge in [0.25, 0.3) is 0 Å². The van der Waals surface area contributed by atoms with Gasteiger partial charge < -0.3 is 15.4 Å². The van der Waals surface area contributed by atoms with Crippen LogP contribution in [0.1, 0.15) is 33.3 Å². The van der Waals surface area contributed by atoms with Crippen LogP contribution in [0.3, 0.4) is 0 Å². The molecule has 0 aliphatic carbocycles. The van der Waals surface area contributed by atoms with Crippen LogP contribution < -0.4 is 10.6 Å². The molecule has 6 nitrogen and oxygen atoms in total. The van der Waals surface area contributed by atoms with Gasteiger partial charge in [-0.3, -0.25) is 4.68 Å². The number of hydrogen-bond donors (Lipinski definition) is 2. The number of aryl methyl sites for hydroxylation is 2. The van der Waals surface area contributed by atoms with Gasteiger partial charge in [-0.15, -0.1) is 11.3 Å². The van der Waals surface area contributed by atoms with Crippen LogP contribution in [0.5, 0.6) is 0 Å². The van der Waals surface area contributed by atoms with Crippen molar-refractivity contribution in [1.29, 1.82) is 0 Å². The predicted molar refractivity (Wildman–Crippen MR) is 117 cm³/mol. The second-order valence-electron chi connectivity index (χ2n) is 6.29. The molecular weight excluding hydrogens is 392 g/mol. The Hall–Kier alpha value is -2.71. The number of aromatic nitrogens is 2. The smallest absolute Gasteiger partial charge is 0.340 e. The molecule has 0 aliphatic rings. The third-order valence-electron chi connectivity index (χ3n) is 4.12. The standard InChI is InChI=1S/C20H22N4O2S2/c1-4-16-9-17(19(25)26-3)18(28-16)23-20(27)22-15-10-21-24(12-15)11-14-7-5-13(2)6-8-14/h5-10,12H,4,11H2,1-3H3,(H2,22,23,27). The van der Waals surface area contributed by atoms with Crippen molar-refractivity contribution in [1.82, 2.24) is 9.78 Å². The monoisotopic (exact) mass is 414 g/mol. The second kappa shape index (κ2) is 8.99. The summed E-state index contributed by atoms with van der Waals surface area (Å²) in [6.45, 7) is 4.78. The van der Waals surface area contributed by atoms with Crippen LogP contribution in [-0.4, -0.2) is 28.0 Å².